The van der Waals surface area contributed by atoms with Gasteiger partial charge in [0.2, 0.25) is 17.6 Å². The number of para-hydroxylation sites is 2. The molecule has 2 heterocycles. The van der Waals surface area contributed by atoms with E-state index >= 15 is 0 Å². The Balaban J connectivity index is 1.30. The van der Waals surface area contributed by atoms with E-state index in [1.807, 2.05) is 55.5 Å². The molecule has 0 atom stereocenters. The van der Waals surface area contributed by atoms with Crippen molar-refractivity contribution in [3.05, 3.63) is 60.0 Å². The maximum Gasteiger partial charge on any atom is 0.241 e. The molecule has 1 aromatic heterocycles. The van der Waals surface area contributed by atoms with Gasteiger partial charge < -0.3 is 14.6 Å². The van der Waals surface area contributed by atoms with Gasteiger partial charge in [0.15, 0.2) is 0 Å². The van der Waals surface area contributed by atoms with Crippen molar-refractivity contribution in [3.63, 3.8) is 0 Å². The number of hydrogen-bond donors (Lipinski definition) is 1. The summed E-state index contributed by atoms with van der Waals surface area (Å²) in [5, 5.41) is 7.11. The largest absolute Gasteiger partial charge is 0.495 e. The van der Waals surface area contributed by atoms with E-state index < -0.39 is 0 Å². The van der Waals surface area contributed by atoms with Crippen molar-refractivity contribution in [2.45, 2.75) is 26.3 Å². The topological polar surface area (TPSA) is 80.5 Å². The minimum absolute atomic E-state index is 0.0169. The number of benzene rings is 2. The van der Waals surface area contributed by atoms with Crippen LogP contribution < -0.4 is 10.1 Å². The molecular weight excluding hydrogens is 380 g/mol. The Labute approximate surface area is 176 Å². The minimum atomic E-state index is -0.0169. The number of carbonyl (C=O) groups excluding carboxylic acids is 1. The summed E-state index contributed by atoms with van der Waals surface area (Å²) in [5.74, 6) is 1.91. The Hall–Kier alpha value is -3.19. The smallest absolute Gasteiger partial charge is 0.241 e. The molecule has 4 rings (SSSR count). The van der Waals surface area contributed by atoms with E-state index in [9.17, 15) is 4.79 Å². The van der Waals surface area contributed by atoms with Crippen molar-refractivity contribution < 1.29 is 14.1 Å². The van der Waals surface area contributed by atoms with Crippen molar-refractivity contribution in [1.29, 1.82) is 0 Å². The summed E-state index contributed by atoms with van der Waals surface area (Å²) in [6.07, 6.45) is 1.58. The van der Waals surface area contributed by atoms with Crippen LogP contribution in [0.15, 0.2) is 53.1 Å². The molecule has 0 radical (unpaired) electrons. The Morgan fingerprint density at radius 1 is 1.20 bits per heavy atom. The molecule has 1 fully saturated rings. The fraction of sp³-hybridized carbons (Fsp3) is 0.348. The van der Waals surface area contributed by atoms with Crippen molar-refractivity contribution in [1.82, 2.24) is 15.0 Å². The van der Waals surface area contributed by atoms with Gasteiger partial charge in [0.25, 0.3) is 0 Å². The first-order valence-corrected chi connectivity index (χ1v) is 10.2. The zero-order valence-corrected chi connectivity index (χ0v) is 17.3. The molecule has 0 aliphatic carbocycles. The van der Waals surface area contributed by atoms with Crippen LogP contribution in [0.2, 0.25) is 0 Å². The molecule has 0 saturated carbocycles. The summed E-state index contributed by atoms with van der Waals surface area (Å²) < 4.78 is 10.8. The van der Waals surface area contributed by atoms with Gasteiger partial charge in [0, 0.05) is 11.5 Å². The van der Waals surface area contributed by atoms with Gasteiger partial charge in [-0.1, -0.05) is 41.1 Å². The highest BCUT2D eigenvalue weighted by molar-refractivity contribution is 5.94. The molecule has 1 aliphatic rings. The van der Waals surface area contributed by atoms with Gasteiger partial charge in [0.05, 0.1) is 19.3 Å². The summed E-state index contributed by atoms with van der Waals surface area (Å²) in [4.78, 5) is 19.4. The van der Waals surface area contributed by atoms with E-state index in [2.05, 4.69) is 20.4 Å². The maximum absolute atomic E-state index is 12.7. The second kappa shape index (κ2) is 9.09. The number of aryl methyl sites for hydroxylation is 1. The second-order valence-corrected chi connectivity index (χ2v) is 7.62. The molecule has 0 unspecified atom stereocenters. The van der Waals surface area contributed by atoms with E-state index in [1.165, 1.54) is 0 Å². The minimum Gasteiger partial charge on any atom is -0.495 e. The highest BCUT2D eigenvalue weighted by Gasteiger charge is 2.26. The van der Waals surface area contributed by atoms with E-state index in [0.717, 1.165) is 37.1 Å². The number of nitrogens with one attached hydrogen (secondary N) is 1. The zero-order valence-electron chi connectivity index (χ0n) is 17.3. The number of amides is 1. The first-order valence-electron chi connectivity index (χ1n) is 10.2. The number of ether oxygens (including phenoxy) is 1. The van der Waals surface area contributed by atoms with Crippen LogP contribution in [0.5, 0.6) is 5.75 Å². The van der Waals surface area contributed by atoms with Crippen LogP contribution >= 0.6 is 0 Å². The number of rotatable bonds is 6. The van der Waals surface area contributed by atoms with Gasteiger partial charge in [0.1, 0.15) is 5.75 Å². The first-order chi connectivity index (χ1) is 14.6. The molecule has 0 bridgehead atoms. The average Bonchev–Trinajstić information content (AvgIpc) is 3.23. The van der Waals surface area contributed by atoms with Crippen molar-refractivity contribution >= 4 is 11.6 Å². The van der Waals surface area contributed by atoms with Crippen LogP contribution in [0.25, 0.3) is 11.4 Å². The summed E-state index contributed by atoms with van der Waals surface area (Å²) in [7, 11) is 1.60. The van der Waals surface area contributed by atoms with Crippen LogP contribution in [0.4, 0.5) is 5.69 Å². The standard InChI is InChI=1S/C23H26N4O3/c1-16-6-5-7-18(14-16)22-25-21(30-26-22)15-27-12-10-17(11-13-27)23(28)24-19-8-3-4-9-20(19)29-2/h3-9,14,17H,10-13,15H2,1-2H3,(H,24,28). The molecule has 1 N–H and O–H groups in total. The number of nitrogens with zero attached hydrogens (tertiary/aromatic N) is 3. The fourth-order valence-corrected chi connectivity index (χ4v) is 3.75. The fourth-order valence-electron chi connectivity index (χ4n) is 3.75. The van der Waals surface area contributed by atoms with Crippen LogP contribution in [-0.4, -0.2) is 41.1 Å². The average molecular weight is 406 g/mol. The van der Waals surface area contributed by atoms with Gasteiger partial charge in [-0.15, -0.1) is 0 Å². The van der Waals surface area contributed by atoms with Crippen LogP contribution in [0, 0.1) is 12.8 Å². The van der Waals surface area contributed by atoms with E-state index in [4.69, 9.17) is 9.26 Å². The van der Waals surface area contributed by atoms with E-state index in [-0.39, 0.29) is 11.8 Å². The molecule has 0 spiro atoms. The predicted octanol–water partition coefficient (Wildman–Crippen LogP) is 3.90. The molecular formula is C23H26N4O3. The molecule has 3 aromatic rings. The quantitative estimate of drug-likeness (QED) is 0.669. The van der Waals surface area contributed by atoms with Gasteiger partial charge in [-0.2, -0.15) is 4.98 Å². The normalized spacial score (nSPS) is 15.1. The number of methoxy groups -OCH3 is 1. The lowest BCUT2D eigenvalue weighted by atomic mass is 9.96. The van der Waals surface area contributed by atoms with Crippen molar-refractivity contribution in [2.75, 3.05) is 25.5 Å². The molecule has 7 heteroatoms. The van der Waals surface area contributed by atoms with E-state index in [0.29, 0.717) is 29.7 Å². The molecule has 156 valence electrons. The highest BCUT2D eigenvalue weighted by atomic mass is 16.5. The Kier molecular flexibility index (Phi) is 6.09. The number of likely N-dealkylation sites (tertiary alicyclic amines) is 1. The highest BCUT2D eigenvalue weighted by Crippen LogP contribution is 2.26. The van der Waals surface area contributed by atoms with E-state index in [1.54, 1.807) is 7.11 Å². The van der Waals surface area contributed by atoms with Gasteiger partial charge in [-0.3, -0.25) is 9.69 Å². The van der Waals surface area contributed by atoms with Crippen LogP contribution in [-0.2, 0) is 11.3 Å². The second-order valence-electron chi connectivity index (χ2n) is 7.62. The third kappa shape index (κ3) is 4.68. The van der Waals surface area contributed by atoms with Crippen LogP contribution in [0.1, 0.15) is 24.3 Å². The van der Waals surface area contributed by atoms with Crippen molar-refractivity contribution in [3.8, 4) is 17.1 Å². The van der Waals surface area contributed by atoms with Crippen LogP contribution in [0.3, 0.4) is 0 Å². The molecule has 2 aromatic carbocycles. The Morgan fingerprint density at radius 2 is 2.00 bits per heavy atom. The molecule has 1 aliphatic heterocycles. The van der Waals surface area contributed by atoms with Gasteiger partial charge >= 0.3 is 0 Å². The van der Waals surface area contributed by atoms with Crippen molar-refractivity contribution in [2.24, 2.45) is 5.92 Å². The number of carbonyl (C=O) groups is 1. The summed E-state index contributed by atoms with van der Waals surface area (Å²) in [6, 6.07) is 15.5. The zero-order chi connectivity index (χ0) is 20.9. The molecule has 1 amide bonds. The summed E-state index contributed by atoms with van der Waals surface area (Å²) in [6.45, 7) is 4.26. The molecule has 1 saturated heterocycles. The summed E-state index contributed by atoms with van der Waals surface area (Å²) in [5.41, 5.74) is 2.83. The monoisotopic (exact) mass is 406 g/mol. The Bertz CT molecular complexity index is 1010. The molecule has 7 nitrogen and oxygen atoms in total. The van der Waals surface area contributed by atoms with Gasteiger partial charge in [-0.05, 0) is 51.1 Å². The first kappa shape index (κ1) is 20.1. The SMILES string of the molecule is COc1ccccc1NC(=O)C1CCN(Cc2nc(-c3cccc(C)c3)no2)CC1. The third-order valence-electron chi connectivity index (χ3n) is 5.43. The summed E-state index contributed by atoms with van der Waals surface area (Å²) >= 11 is 0. The Morgan fingerprint density at radius 3 is 2.77 bits per heavy atom. The third-order valence-corrected chi connectivity index (χ3v) is 5.43. The lowest BCUT2D eigenvalue weighted by Crippen LogP contribution is -2.37. The lowest BCUT2D eigenvalue weighted by Gasteiger charge is -2.30. The number of aromatic nitrogens is 2. The molecule has 30 heavy (non-hydrogen) atoms. The number of piperidine rings is 1. The van der Waals surface area contributed by atoms with Gasteiger partial charge in [-0.25, -0.2) is 0 Å². The maximum atomic E-state index is 12.7. The predicted molar refractivity (Wildman–Crippen MR) is 114 cm³/mol. The number of hydrogen-bond acceptors (Lipinski definition) is 6. The lowest BCUT2D eigenvalue weighted by molar-refractivity contribution is -0.121. The number of anilines is 1.